The number of hydrogen-bond acceptors (Lipinski definition) is 5. The maximum absolute atomic E-state index is 5.71. The lowest BCUT2D eigenvalue weighted by atomic mass is 10.00. The molecule has 0 spiro atoms. The number of aromatic nitrogens is 2. The maximum atomic E-state index is 5.71. The average Bonchev–Trinajstić information content (AvgIpc) is 3.02. The van der Waals surface area contributed by atoms with Gasteiger partial charge in [-0.2, -0.15) is 4.98 Å². The summed E-state index contributed by atoms with van der Waals surface area (Å²) in [6.45, 7) is 8.72. The van der Waals surface area contributed by atoms with Crippen LogP contribution in [0.1, 0.15) is 50.1 Å². The third-order valence-electron chi connectivity index (χ3n) is 3.88. The Hall–Kier alpha value is -2.04. The van der Waals surface area contributed by atoms with Crippen molar-refractivity contribution in [1.82, 2.24) is 10.1 Å². The van der Waals surface area contributed by atoms with Gasteiger partial charge >= 0.3 is 6.01 Å². The first-order valence-corrected chi connectivity index (χ1v) is 8.00. The van der Waals surface area contributed by atoms with Crippen LogP contribution in [0.3, 0.4) is 0 Å². The van der Waals surface area contributed by atoms with E-state index in [1.807, 2.05) is 6.07 Å². The molecule has 1 aliphatic rings. The van der Waals surface area contributed by atoms with Crippen LogP contribution in [0.25, 0.3) is 0 Å². The smallest absolute Gasteiger partial charge is 0.324 e. The largest absolute Gasteiger partial charge is 0.494 e. The van der Waals surface area contributed by atoms with Crippen LogP contribution in [0.2, 0.25) is 0 Å². The van der Waals surface area contributed by atoms with Gasteiger partial charge in [-0.25, -0.2) is 0 Å². The molecule has 2 heterocycles. The van der Waals surface area contributed by atoms with Gasteiger partial charge in [0.2, 0.25) is 0 Å². The fourth-order valence-electron chi connectivity index (χ4n) is 2.59. The topological polar surface area (TPSA) is 51.4 Å². The zero-order valence-electron chi connectivity index (χ0n) is 13.5. The highest BCUT2D eigenvalue weighted by Gasteiger charge is 2.22. The van der Waals surface area contributed by atoms with Crippen LogP contribution in [0.4, 0.5) is 6.01 Å². The zero-order chi connectivity index (χ0) is 15.5. The first-order chi connectivity index (χ1) is 10.7. The Balaban J connectivity index is 1.73. The number of ether oxygens (including phenoxy) is 1. The molecule has 5 heteroatoms. The molecule has 0 radical (unpaired) electrons. The maximum Gasteiger partial charge on any atom is 0.324 e. The quantitative estimate of drug-likeness (QED) is 0.845. The first-order valence-electron chi connectivity index (χ1n) is 8.00. The van der Waals surface area contributed by atoms with E-state index in [4.69, 9.17) is 9.26 Å². The molecule has 1 aliphatic heterocycles. The van der Waals surface area contributed by atoms with Crippen LogP contribution in [0, 0.1) is 0 Å². The van der Waals surface area contributed by atoms with Gasteiger partial charge in [0.15, 0.2) is 5.82 Å². The molecule has 2 aromatic rings. The normalized spacial score (nSPS) is 14.3. The van der Waals surface area contributed by atoms with E-state index in [0.29, 0.717) is 6.01 Å². The van der Waals surface area contributed by atoms with Crippen LogP contribution in [0.5, 0.6) is 5.75 Å². The molecule has 0 aliphatic carbocycles. The van der Waals surface area contributed by atoms with E-state index in [9.17, 15) is 0 Å². The molecule has 0 unspecified atom stereocenters. The second-order valence-electron chi connectivity index (χ2n) is 6.04. The molecule has 0 atom stereocenters. The van der Waals surface area contributed by atoms with Gasteiger partial charge in [0.25, 0.3) is 0 Å². The minimum atomic E-state index is 0.285. The number of rotatable bonds is 5. The van der Waals surface area contributed by atoms with Gasteiger partial charge < -0.3 is 14.2 Å². The number of nitrogens with zero attached hydrogens (tertiary/aromatic N) is 3. The molecule has 1 aromatic heterocycles. The highest BCUT2D eigenvalue weighted by molar-refractivity contribution is 5.42. The summed E-state index contributed by atoms with van der Waals surface area (Å²) in [5.74, 6) is 2.02. The summed E-state index contributed by atoms with van der Waals surface area (Å²) < 4.78 is 11.1. The Bertz CT molecular complexity index is 637. The van der Waals surface area contributed by atoms with E-state index in [2.05, 4.69) is 47.9 Å². The highest BCUT2D eigenvalue weighted by atomic mass is 16.5. The van der Waals surface area contributed by atoms with E-state index >= 15 is 0 Å². The molecule has 22 heavy (non-hydrogen) atoms. The Labute approximate surface area is 131 Å². The molecule has 1 aromatic carbocycles. The van der Waals surface area contributed by atoms with Gasteiger partial charge in [0, 0.05) is 19.0 Å². The van der Waals surface area contributed by atoms with Gasteiger partial charge in [-0.15, -0.1) is 0 Å². The zero-order valence-corrected chi connectivity index (χ0v) is 13.5. The second-order valence-corrected chi connectivity index (χ2v) is 6.04. The minimum Gasteiger partial charge on any atom is -0.494 e. The predicted octanol–water partition coefficient (Wildman–Crippen LogP) is 3.54. The Morgan fingerprint density at radius 2 is 2.18 bits per heavy atom. The van der Waals surface area contributed by atoms with Crippen molar-refractivity contribution in [2.45, 2.75) is 46.1 Å². The van der Waals surface area contributed by atoms with Crippen molar-refractivity contribution >= 4 is 6.01 Å². The van der Waals surface area contributed by atoms with E-state index < -0.39 is 0 Å². The van der Waals surface area contributed by atoms with Crippen LogP contribution in [-0.2, 0) is 13.0 Å². The van der Waals surface area contributed by atoms with Gasteiger partial charge in [-0.05, 0) is 36.1 Å². The second kappa shape index (κ2) is 6.38. The van der Waals surface area contributed by atoms with Crippen LogP contribution < -0.4 is 9.64 Å². The molecular formula is C17H23N3O2. The molecule has 3 rings (SSSR count). The predicted molar refractivity (Wildman–Crippen MR) is 85.4 cm³/mol. The fourth-order valence-corrected chi connectivity index (χ4v) is 2.59. The SMILES string of the molecule is CCCOc1ccc2c(c1)CCN(c1nc(C(C)C)no1)C2. The van der Waals surface area contributed by atoms with Crippen LogP contribution in [0.15, 0.2) is 22.7 Å². The third-order valence-corrected chi connectivity index (χ3v) is 3.88. The summed E-state index contributed by atoms with van der Waals surface area (Å²) in [6, 6.07) is 6.98. The van der Waals surface area contributed by atoms with Crippen molar-refractivity contribution in [2.75, 3.05) is 18.1 Å². The van der Waals surface area contributed by atoms with Gasteiger partial charge in [0.1, 0.15) is 5.75 Å². The minimum absolute atomic E-state index is 0.285. The third kappa shape index (κ3) is 3.08. The molecule has 0 saturated heterocycles. The van der Waals surface area contributed by atoms with E-state index in [0.717, 1.165) is 44.1 Å². The fraction of sp³-hybridized carbons (Fsp3) is 0.529. The van der Waals surface area contributed by atoms with Crippen molar-refractivity contribution in [3.63, 3.8) is 0 Å². The number of anilines is 1. The van der Waals surface area contributed by atoms with Crippen molar-refractivity contribution < 1.29 is 9.26 Å². The molecule has 5 nitrogen and oxygen atoms in total. The summed E-state index contributed by atoms with van der Waals surface area (Å²) in [7, 11) is 0. The number of hydrogen-bond donors (Lipinski definition) is 0. The standard InChI is InChI=1S/C17H23N3O2/c1-4-9-21-15-6-5-14-11-20(8-7-13(14)10-15)17-18-16(12(2)3)19-22-17/h5-6,10,12H,4,7-9,11H2,1-3H3. The van der Waals surface area contributed by atoms with Crippen molar-refractivity contribution in [3.05, 3.63) is 35.2 Å². The molecular weight excluding hydrogens is 278 g/mol. The van der Waals surface area contributed by atoms with Crippen molar-refractivity contribution in [2.24, 2.45) is 0 Å². The molecule has 0 saturated carbocycles. The Kier molecular flexibility index (Phi) is 4.32. The molecule has 0 N–H and O–H groups in total. The van der Waals surface area contributed by atoms with Gasteiger partial charge in [0.05, 0.1) is 6.61 Å². The lowest BCUT2D eigenvalue weighted by Gasteiger charge is -2.27. The van der Waals surface area contributed by atoms with E-state index in [1.165, 1.54) is 11.1 Å². The van der Waals surface area contributed by atoms with Crippen LogP contribution >= 0.6 is 0 Å². The average molecular weight is 301 g/mol. The highest BCUT2D eigenvalue weighted by Crippen LogP contribution is 2.27. The number of benzene rings is 1. The summed E-state index contributed by atoms with van der Waals surface area (Å²) in [4.78, 5) is 6.63. The lowest BCUT2D eigenvalue weighted by Crippen LogP contribution is -2.30. The molecule has 0 fully saturated rings. The Morgan fingerprint density at radius 1 is 1.32 bits per heavy atom. The monoisotopic (exact) mass is 301 g/mol. The van der Waals surface area contributed by atoms with E-state index in [1.54, 1.807) is 0 Å². The molecule has 118 valence electrons. The molecule has 0 bridgehead atoms. The van der Waals surface area contributed by atoms with E-state index in [-0.39, 0.29) is 5.92 Å². The molecule has 0 amide bonds. The first kappa shape index (κ1) is 14.9. The number of fused-ring (bicyclic) bond motifs is 1. The summed E-state index contributed by atoms with van der Waals surface area (Å²) in [5, 5.41) is 4.05. The lowest BCUT2D eigenvalue weighted by molar-refractivity contribution is 0.317. The van der Waals surface area contributed by atoms with Crippen LogP contribution in [-0.4, -0.2) is 23.3 Å². The van der Waals surface area contributed by atoms with Gasteiger partial charge in [-0.1, -0.05) is 32.0 Å². The summed E-state index contributed by atoms with van der Waals surface area (Å²) in [6.07, 6.45) is 2.00. The van der Waals surface area contributed by atoms with Gasteiger partial charge in [-0.3, -0.25) is 0 Å². The Morgan fingerprint density at radius 3 is 2.91 bits per heavy atom. The van der Waals surface area contributed by atoms with Crippen molar-refractivity contribution in [1.29, 1.82) is 0 Å². The summed E-state index contributed by atoms with van der Waals surface area (Å²) >= 11 is 0. The van der Waals surface area contributed by atoms with Crippen molar-refractivity contribution in [3.8, 4) is 5.75 Å². The summed E-state index contributed by atoms with van der Waals surface area (Å²) in [5.41, 5.74) is 2.66.